The average Bonchev–Trinajstić information content (AvgIpc) is 2.75. The maximum absolute atomic E-state index is 12.8. The topological polar surface area (TPSA) is 41.6 Å². The van der Waals surface area contributed by atoms with Gasteiger partial charge in [0.1, 0.15) is 5.60 Å². The molecule has 2 aliphatic heterocycles. The van der Waals surface area contributed by atoms with Crippen molar-refractivity contribution in [2.75, 3.05) is 24.5 Å². The highest BCUT2D eigenvalue weighted by Crippen LogP contribution is 2.35. The lowest BCUT2D eigenvalue weighted by molar-refractivity contribution is -0.137. The number of halogens is 3. The van der Waals surface area contributed by atoms with E-state index in [1.165, 1.54) is 17.0 Å². The molecule has 1 spiro atoms. The van der Waals surface area contributed by atoms with Crippen molar-refractivity contribution < 1.29 is 22.7 Å². The molecule has 1 amide bonds. The van der Waals surface area contributed by atoms with E-state index in [4.69, 9.17) is 4.74 Å². The molecule has 0 aliphatic carbocycles. The molecule has 0 aromatic heterocycles. The number of amides is 1. The summed E-state index contributed by atoms with van der Waals surface area (Å²) in [4.78, 5) is 13.3. The number of alkyl halides is 3. The number of ether oxygens (including phenoxy) is 1. The van der Waals surface area contributed by atoms with E-state index >= 15 is 0 Å². The Morgan fingerprint density at radius 2 is 2.14 bits per heavy atom. The number of nitrogens with one attached hydrogen (secondary N) is 1. The molecule has 0 saturated carbocycles. The van der Waals surface area contributed by atoms with Crippen LogP contribution in [0.3, 0.4) is 0 Å². The Hall–Kier alpha value is -1.76. The molecule has 1 atom stereocenters. The number of hydrogen-bond acceptors (Lipinski definition) is 3. The molecule has 114 valence electrons. The van der Waals surface area contributed by atoms with Gasteiger partial charge in [-0.2, -0.15) is 13.2 Å². The summed E-state index contributed by atoms with van der Waals surface area (Å²) in [6, 6.07) is 4.76. The SMILES string of the molecule is O=C1OC2(CCCNC2)CN1c1cccc(C(F)(F)F)c1. The maximum atomic E-state index is 12.8. The molecule has 3 rings (SSSR count). The molecule has 0 bridgehead atoms. The second-order valence-corrected chi connectivity index (χ2v) is 5.47. The van der Waals surface area contributed by atoms with E-state index in [0.717, 1.165) is 31.5 Å². The second-order valence-electron chi connectivity index (χ2n) is 5.47. The highest BCUT2D eigenvalue weighted by atomic mass is 19.4. The largest absolute Gasteiger partial charge is 0.439 e. The molecule has 7 heteroatoms. The summed E-state index contributed by atoms with van der Waals surface area (Å²) in [5, 5.41) is 3.16. The minimum atomic E-state index is -4.43. The maximum Gasteiger partial charge on any atom is 0.416 e. The van der Waals surface area contributed by atoms with Crippen molar-refractivity contribution in [2.24, 2.45) is 0 Å². The van der Waals surface area contributed by atoms with Gasteiger partial charge in [0.05, 0.1) is 12.1 Å². The summed E-state index contributed by atoms with van der Waals surface area (Å²) in [5.74, 6) is 0. The van der Waals surface area contributed by atoms with Crippen LogP contribution in [0.4, 0.5) is 23.7 Å². The summed E-state index contributed by atoms with van der Waals surface area (Å²) >= 11 is 0. The molecule has 21 heavy (non-hydrogen) atoms. The number of carbonyl (C=O) groups excluding carboxylic acids is 1. The fourth-order valence-electron chi connectivity index (χ4n) is 2.83. The van der Waals surface area contributed by atoms with Gasteiger partial charge < -0.3 is 10.1 Å². The second kappa shape index (κ2) is 4.91. The lowest BCUT2D eigenvalue weighted by atomic mass is 9.94. The van der Waals surface area contributed by atoms with E-state index in [1.54, 1.807) is 0 Å². The number of rotatable bonds is 1. The summed E-state index contributed by atoms with van der Waals surface area (Å²) in [6.07, 6.45) is -3.41. The molecule has 2 aliphatic rings. The van der Waals surface area contributed by atoms with Gasteiger partial charge in [-0.1, -0.05) is 6.07 Å². The van der Waals surface area contributed by atoms with E-state index in [-0.39, 0.29) is 12.2 Å². The predicted molar refractivity (Wildman–Crippen MR) is 70.1 cm³/mol. The molecule has 2 fully saturated rings. The highest BCUT2D eigenvalue weighted by molar-refractivity contribution is 5.90. The lowest BCUT2D eigenvalue weighted by Gasteiger charge is -2.31. The normalized spacial score (nSPS) is 26.2. The van der Waals surface area contributed by atoms with Crippen molar-refractivity contribution in [2.45, 2.75) is 24.6 Å². The van der Waals surface area contributed by atoms with Crippen molar-refractivity contribution >= 4 is 11.8 Å². The minimum absolute atomic E-state index is 0.220. The van der Waals surface area contributed by atoms with Crippen molar-refractivity contribution in [1.82, 2.24) is 5.32 Å². The van der Waals surface area contributed by atoms with E-state index < -0.39 is 23.4 Å². The number of hydrogen-bond donors (Lipinski definition) is 1. The summed E-state index contributed by atoms with van der Waals surface area (Å²) < 4.78 is 43.7. The highest BCUT2D eigenvalue weighted by Gasteiger charge is 2.46. The third kappa shape index (κ3) is 2.70. The molecule has 1 aromatic rings. The fourth-order valence-corrected chi connectivity index (χ4v) is 2.83. The van der Waals surface area contributed by atoms with Gasteiger partial charge in [0.15, 0.2) is 0 Å². The van der Waals surface area contributed by atoms with Gasteiger partial charge in [0, 0.05) is 12.2 Å². The van der Waals surface area contributed by atoms with E-state index in [0.29, 0.717) is 6.54 Å². The van der Waals surface area contributed by atoms with Crippen molar-refractivity contribution in [3.05, 3.63) is 29.8 Å². The number of benzene rings is 1. The number of carbonyl (C=O) groups is 1. The van der Waals surface area contributed by atoms with Crippen molar-refractivity contribution in [3.8, 4) is 0 Å². The van der Waals surface area contributed by atoms with Gasteiger partial charge in [-0.05, 0) is 37.6 Å². The summed E-state index contributed by atoms with van der Waals surface area (Å²) in [7, 11) is 0. The van der Waals surface area contributed by atoms with Gasteiger partial charge in [-0.15, -0.1) is 0 Å². The first-order chi connectivity index (χ1) is 9.90. The van der Waals surface area contributed by atoms with Crippen LogP contribution in [0.5, 0.6) is 0 Å². The van der Waals surface area contributed by atoms with Crippen molar-refractivity contribution in [1.29, 1.82) is 0 Å². The van der Waals surface area contributed by atoms with Crippen molar-refractivity contribution in [3.63, 3.8) is 0 Å². The van der Waals surface area contributed by atoms with Crippen LogP contribution in [0, 0.1) is 0 Å². The number of piperidine rings is 1. The Morgan fingerprint density at radius 1 is 1.33 bits per heavy atom. The van der Waals surface area contributed by atoms with Crippen LogP contribution >= 0.6 is 0 Å². The van der Waals surface area contributed by atoms with Crippen LogP contribution in [-0.2, 0) is 10.9 Å². The molecule has 1 aromatic carbocycles. The fraction of sp³-hybridized carbons (Fsp3) is 0.500. The lowest BCUT2D eigenvalue weighted by Crippen LogP contribution is -2.48. The molecule has 1 N–H and O–H groups in total. The molecular weight excluding hydrogens is 285 g/mol. The third-order valence-electron chi connectivity index (χ3n) is 3.89. The quantitative estimate of drug-likeness (QED) is 0.867. The first-order valence-corrected chi connectivity index (χ1v) is 6.78. The van der Waals surface area contributed by atoms with Crippen LogP contribution in [0.15, 0.2) is 24.3 Å². The molecular formula is C14H15F3N2O2. The van der Waals surface area contributed by atoms with Gasteiger partial charge in [0.25, 0.3) is 0 Å². The first-order valence-electron chi connectivity index (χ1n) is 6.78. The Balaban J connectivity index is 1.86. The average molecular weight is 300 g/mol. The monoisotopic (exact) mass is 300 g/mol. The van der Waals surface area contributed by atoms with E-state index in [1.807, 2.05) is 0 Å². The van der Waals surface area contributed by atoms with Crippen LogP contribution in [0.2, 0.25) is 0 Å². The Morgan fingerprint density at radius 3 is 2.81 bits per heavy atom. The van der Waals surface area contributed by atoms with E-state index in [9.17, 15) is 18.0 Å². The molecule has 2 heterocycles. The molecule has 0 radical (unpaired) electrons. The molecule has 4 nitrogen and oxygen atoms in total. The van der Waals surface area contributed by atoms with Crippen LogP contribution in [-0.4, -0.2) is 31.3 Å². The van der Waals surface area contributed by atoms with Crippen LogP contribution in [0.1, 0.15) is 18.4 Å². The minimum Gasteiger partial charge on any atom is -0.439 e. The van der Waals surface area contributed by atoms with Gasteiger partial charge in [0.2, 0.25) is 0 Å². The third-order valence-corrected chi connectivity index (χ3v) is 3.89. The standard InChI is InChI=1S/C14H15F3N2O2/c15-14(16,17)10-3-1-4-11(7-10)19-9-13(21-12(19)20)5-2-6-18-8-13/h1,3-4,7,18H,2,5-6,8-9H2. The van der Waals surface area contributed by atoms with Gasteiger partial charge >= 0.3 is 12.3 Å². The Labute approximate surface area is 119 Å². The zero-order valence-electron chi connectivity index (χ0n) is 11.2. The Kier molecular flexibility index (Phi) is 3.32. The number of nitrogens with zero attached hydrogens (tertiary/aromatic N) is 1. The smallest absolute Gasteiger partial charge is 0.416 e. The Bertz CT molecular complexity index is 553. The van der Waals surface area contributed by atoms with E-state index in [2.05, 4.69) is 5.32 Å². The summed E-state index contributed by atoms with van der Waals surface area (Å²) in [5.41, 5.74) is -1.17. The van der Waals surface area contributed by atoms with Gasteiger partial charge in [-0.3, -0.25) is 4.90 Å². The zero-order chi connectivity index (χ0) is 15.1. The zero-order valence-corrected chi connectivity index (χ0v) is 11.2. The van der Waals surface area contributed by atoms with Crippen LogP contribution in [0.25, 0.3) is 0 Å². The summed E-state index contributed by atoms with van der Waals surface area (Å²) in [6.45, 7) is 1.68. The predicted octanol–water partition coefficient (Wildman–Crippen LogP) is 2.78. The van der Waals surface area contributed by atoms with Gasteiger partial charge in [-0.25, -0.2) is 4.79 Å². The number of anilines is 1. The van der Waals surface area contributed by atoms with Crippen LogP contribution < -0.4 is 10.2 Å². The molecule has 1 unspecified atom stereocenters. The first kappa shape index (κ1) is 14.2. The molecule has 2 saturated heterocycles.